The summed E-state index contributed by atoms with van der Waals surface area (Å²) in [6.07, 6.45) is 3.14. The molecule has 3 aromatic rings. The number of carbonyl (C=O) groups is 1. The Bertz CT molecular complexity index is 859. The maximum Gasteiger partial charge on any atom is 0.226 e. The van der Waals surface area contributed by atoms with Crippen LogP contribution in [-0.4, -0.2) is 25.1 Å². The molecule has 0 bridgehead atoms. The summed E-state index contributed by atoms with van der Waals surface area (Å²) in [6.45, 7) is 0. The van der Waals surface area contributed by atoms with Crippen LogP contribution in [0.2, 0.25) is 0 Å². The molecular formula is C20H22N2O3S. The van der Waals surface area contributed by atoms with E-state index in [1.807, 2.05) is 42.5 Å². The Balaban J connectivity index is 1.45. The highest BCUT2D eigenvalue weighted by Gasteiger charge is 2.08. The number of aromatic nitrogens is 1. The van der Waals surface area contributed by atoms with E-state index in [4.69, 9.17) is 9.47 Å². The number of aryl methyl sites for hydroxylation is 1. The number of methoxy groups -OCH3 is 2. The third-order valence-corrected chi connectivity index (χ3v) is 5.06. The molecule has 0 saturated carbocycles. The minimum absolute atomic E-state index is 0.0105. The van der Waals surface area contributed by atoms with Gasteiger partial charge in [0.25, 0.3) is 0 Å². The first-order valence-electron chi connectivity index (χ1n) is 8.56. The number of hydrogen-bond donors (Lipinski definition) is 1. The van der Waals surface area contributed by atoms with Crippen LogP contribution in [0, 0.1) is 0 Å². The van der Waals surface area contributed by atoms with Crippen LogP contribution < -0.4 is 14.8 Å². The van der Waals surface area contributed by atoms with Crippen molar-refractivity contribution in [2.24, 2.45) is 0 Å². The molecule has 3 rings (SSSR count). The van der Waals surface area contributed by atoms with Gasteiger partial charge in [0.05, 0.1) is 24.4 Å². The SMILES string of the molecule is COc1ccc(CCCCC(=O)Nc2nc3ccccc3s2)cc1OC. The van der Waals surface area contributed by atoms with Crippen LogP contribution in [0.4, 0.5) is 5.13 Å². The van der Waals surface area contributed by atoms with E-state index in [1.165, 1.54) is 16.9 Å². The molecule has 1 aromatic heterocycles. The third-order valence-electron chi connectivity index (χ3n) is 4.11. The molecule has 0 unspecified atom stereocenters. The first kappa shape index (κ1) is 18.2. The molecule has 1 amide bonds. The van der Waals surface area contributed by atoms with E-state index in [9.17, 15) is 4.79 Å². The molecule has 6 heteroatoms. The number of ether oxygens (including phenoxy) is 2. The summed E-state index contributed by atoms with van der Waals surface area (Å²) in [7, 11) is 3.26. The molecule has 0 spiro atoms. The molecule has 0 fully saturated rings. The minimum Gasteiger partial charge on any atom is -0.493 e. The summed E-state index contributed by atoms with van der Waals surface area (Å²) < 4.78 is 11.6. The van der Waals surface area contributed by atoms with Gasteiger partial charge < -0.3 is 14.8 Å². The van der Waals surface area contributed by atoms with E-state index in [1.54, 1.807) is 14.2 Å². The van der Waals surface area contributed by atoms with Crippen LogP contribution in [0.1, 0.15) is 24.8 Å². The Kier molecular flexibility index (Phi) is 6.07. The fourth-order valence-corrected chi connectivity index (χ4v) is 3.64. The van der Waals surface area contributed by atoms with Gasteiger partial charge in [-0.3, -0.25) is 4.79 Å². The molecule has 5 nitrogen and oxygen atoms in total. The van der Waals surface area contributed by atoms with Gasteiger partial charge in [-0.15, -0.1) is 0 Å². The normalized spacial score (nSPS) is 10.7. The Labute approximate surface area is 157 Å². The molecule has 1 heterocycles. The zero-order chi connectivity index (χ0) is 18.4. The van der Waals surface area contributed by atoms with Crippen molar-refractivity contribution in [2.75, 3.05) is 19.5 Å². The highest BCUT2D eigenvalue weighted by molar-refractivity contribution is 7.22. The van der Waals surface area contributed by atoms with E-state index < -0.39 is 0 Å². The Morgan fingerprint density at radius 2 is 1.88 bits per heavy atom. The van der Waals surface area contributed by atoms with Crippen molar-refractivity contribution in [2.45, 2.75) is 25.7 Å². The predicted molar refractivity (Wildman–Crippen MR) is 105 cm³/mol. The summed E-state index contributed by atoms with van der Waals surface area (Å²) >= 11 is 1.50. The zero-order valence-corrected chi connectivity index (χ0v) is 15.8. The average molecular weight is 370 g/mol. The number of para-hydroxylation sites is 1. The maximum absolute atomic E-state index is 12.1. The van der Waals surface area contributed by atoms with Crippen molar-refractivity contribution < 1.29 is 14.3 Å². The maximum atomic E-state index is 12.1. The highest BCUT2D eigenvalue weighted by Crippen LogP contribution is 2.28. The topological polar surface area (TPSA) is 60.5 Å². The largest absolute Gasteiger partial charge is 0.493 e. The summed E-state index contributed by atoms with van der Waals surface area (Å²) in [6, 6.07) is 13.8. The number of benzene rings is 2. The zero-order valence-electron chi connectivity index (χ0n) is 15.0. The van der Waals surface area contributed by atoms with Gasteiger partial charge >= 0.3 is 0 Å². The first-order valence-corrected chi connectivity index (χ1v) is 9.37. The lowest BCUT2D eigenvalue weighted by Gasteiger charge is -2.09. The number of unbranched alkanes of at least 4 members (excludes halogenated alkanes) is 1. The number of anilines is 1. The van der Waals surface area contributed by atoms with Crippen LogP contribution >= 0.6 is 11.3 Å². The van der Waals surface area contributed by atoms with Crippen LogP contribution in [0.25, 0.3) is 10.2 Å². The van der Waals surface area contributed by atoms with Gasteiger partial charge in [0, 0.05) is 6.42 Å². The van der Waals surface area contributed by atoms with Gasteiger partial charge in [0.15, 0.2) is 16.6 Å². The highest BCUT2D eigenvalue weighted by atomic mass is 32.1. The molecule has 1 N–H and O–H groups in total. The molecular weight excluding hydrogens is 348 g/mol. The molecule has 0 aliphatic rings. The number of nitrogens with one attached hydrogen (secondary N) is 1. The first-order chi connectivity index (χ1) is 12.7. The smallest absolute Gasteiger partial charge is 0.226 e. The van der Waals surface area contributed by atoms with Crippen molar-refractivity contribution in [1.82, 2.24) is 4.98 Å². The Morgan fingerprint density at radius 3 is 2.65 bits per heavy atom. The number of carbonyl (C=O) groups excluding carboxylic acids is 1. The van der Waals surface area contributed by atoms with E-state index >= 15 is 0 Å². The van der Waals surface area contributed by atoms with Crippen molar-refractivity contribution in [3.63, 3.8) is 0 Å². The lowest BCUT2D eigenvalue weighted by Crippen LogP contribution is -2.10. The van der Waals surface area contributed by atoms with Crippen molar-refractivity contribution >= 4 is 32.6 Å². The molecule has 2 aromatic carbocycles. The molecule has 0 aliphatic heterocycles. The third kappa shape index (κ3) is 4.52. The second-order valence-corrected chi connectivity index (χ2v) is 6.96. The molecule has 0 radical (unpaired) electrons. The molecule has 26 heavy (non-hydrogen) atoms. The lowest BCUT2D eigenvalue weighted by atomic mass is 10.1. The predicted octanol–water partition coefficient (Wildman–Crippen LogP) is 4.67. The number of fused-ring (bicyclic) bond motifs is 1. The van der Waals surface area contributed by atoms with E-state index in [0.29, 0.717) is 11.6 Å². The monoisotopic (exact) mass is 370 g/mol. The second kappa shape index (κ2) is 8.67. The number of hydrogen-bond acceptors (Lipinski definition) is 5. The molecule has 0 saturated heterocycles. The molecule has 136 valence electrons. The number of thiazole rings is 1. The lowest BCUT2D eigenvalue weighted by molar-refractivity contribution is -0.116. The van der Waals surface area contributed by atoms with Crippen LogP contribution in [0.5, 0.6) is 11.5 Å². The van der Waals surface area contributed by atoms with E-state index in [2.05, 4.69) is 10.3 Å². The quantitative estimate of drug-likeness (QED) is 0.586. The Morgan fingerprint density at radius 1 is 1.08 bits per heavy atom. The molecule has 0 atom stereocenters. The Hall–Kier alpha value is -2.60. The van der Waals surface area contributed by atoms with Crippen LogP contribution in [0.3, 0.4) is 0 Å². The van der Waals surface area contributed by atoms with Crippen molar-refractivity contribution in [3.05, 3.63) is 48.0 Å². The second-order valence-electron chi connectivity index (χ2n) is 5.93. The van der Waals surface area contributed by atoms with Crippen LogP contribution in [0.15, 0.2) is 42.5 Å². The summed E-state index contributed by atoms with van der Waals surface area (Å²) in [5, 5.41) is 3.56. The van der Waals surface area contributed by atoms with Gasteiger partial charge in [-0.1, -0.05) is 29.5 Å². The van der Waals surface area contributed by atoms with Gasteiger partial charge in [-0.2, -0.15) is 0 Å². The van der Waals surface area contributed by atoms with Crippen molar-refractivity contribution in [3.8, 4) is 11.5 Å². The number of amides is 1. The fraction of sp³-hybridized carbons (Fsp3) is 0.300. The summed E-state index contributed by atoms with van der Waals surface area (Å²) in [4.78, 5) is 16.5. The number of rotatable bonds is 8. The van der Waals surface area contributed by atoms with Gasteiger partial charge in [0.2, 0.25) is 5.91 Å². The van der Waals surface area contributed by atoms with E-state index in [-0.39, 0.29) is 5.91 Å². The van der Waals surface area contributed by atoms with Gasteiger partial charge in [0.1, 0.15) is 0 Å². The number of nitrogens with zero attached hydrogens (tertiary/aromatic N) is 1. The van der Waals surface area contributed by atoms with Crippen LogP contribution in [-0.2, 0) is 11.2 Å². The molecule has 0 aliphatic carbocycles. The van der Waals surface area contributed by atoms with Gasteiger partial charge in [-0.25, -0.2) is 4.98 Å². The fourth-order valence-electron chi connectivity index (χ4n) is 2.76. The van der Waals surface area contributed by atoms with Gasteiger partial charge in [-0.05, 0) is 49.1 Å². The standard InChI is InChI=1S/C20H22N2O3S/c1-24-16-12-11-14(13-17(16)25-2)7-3-6-10-19(23)22-20-21-15-8-4-5-9-18(15)26-20/h4-5,8-9,11-13H,3,6-7,10H2,1-2H3,(H,21,22,23). The van der Waals surface area contributed by atoms with Crippen molar-refractivity contribution in [1.29, 1.82) is 0 Å². The summed E-state index contributed by atoms with van der Waals surface area (Å²) in [5.41, 5.74) is 2.09. The van der Waals surface area contributed by atoms with E-state index in [0.717, 1.165) is 41.0 Å². The summed E-state index contributed by atoms with van der Waals surface area (Å²) in [5.74, 6) is 1.47. The minimum atomic E-state index is 0.0105. The average Bonchev–Trinajstić information content (AvgIpc) is 3.07.